The van der Waals surface area contributed by atoms with Gasteiger partial charge in [0.1, 0.15) is 0 Å². The van der Waals surface area contributed by atoms with Crippen LogP contribution < -0.4 is 0 Å². The first-order chi connectivity index (χ1) is 13.5. The summed E-state index contributed by atoms with van der Waals surface area (Å²) in [6.07, 6.45) is 1.75. The number of hydrogen-bond acceptors (Lipinski definition) is 4. The minimum Gasteiger partial charge on any atom is -0.383 e. The molecule has 2 aromatic heterocycles. The molecule has 0 saturated heterocycles. The van der Waals surface area contributed by atoms with E-state index in [2.05, 4.69) is 18.9 Å². The summed E-state index contributed by atoms with van der Waals surface area (Å²) in [5.74, 6) is 0.357. The standard InChI is InChI=1S/C22H28N4O2/c1-5-26-21-19(14-23-26)18(13-20(24-21)17-9-7-6-8-10-17)22(27)25(11-12-28-4)15-16(2)3/h6-10,13-14,16H,5,11-12,15H2,1-4H3. The summed E-state index contributed by atoms with van der Waals surface area (Å²) < 4.78 is 7.05. The number of pyridine rings is 1. The summed E-state index contributed by atoms with van der Waals surface area (Å²) in [6.45, 7) is 8.68. The number of amides is 1. The van der Waals surface area contributed by atoms with Crippen LogP contribution in [0.2, 0.25) is 0 Å². The molecule has 0 aliphatic rings. The van der Waals surface area contributed by atoms with Crippen molar-refractivity contribution in [2.24, 2.45) is 5.92 Å². The van der Waals surface area contributed by atoms with Crippen molar-refractivity contribution in [3.63, 3.8) is 0 Å². The quantitative estimate of drug-likeness (QED) is 0.595. The van der Waals surface area contributed by atoms with Crippen LogP contribution in [-0.4, -0.2) is 52.4 Å². The van der Waals surface area contributed by atoms with Gasteiger partial charge in [-0.3, -0.25) is 4.79 Å². The van der Waals surface area contributed by atoms with Crippen molar-refractivity contribution < 1.29 is 9.53 Å². The van der Waals surface area contributed by atoms with E-state index in [1.165, 1.54) is 0 Å². The Balaban J connectivity index is 2.12. The fourth-order valence-electron chi connectivity index (χ4n) is 3.30. The summed E-state index contributed by atoms with van der Waals surface area (Å²) >= 11 is 0. The lowest BCUT2D eigenvalue weighted by atomic mass is 10.1. The molecular weight excluding hydrogens is 352 g/mol. The number of carbonyl (C=O) groups is 1. The number of aryl methyl sites for hydroxylation is 1. The van der Waals surface area contributed by atoms with Crippen LogP contribution in [0.15, 0.2) is 42.6 Å². The number of methoxy groups -OCH3 is 1. The van der Waals surface area contributed by atoms with Crippen LogP contribution in [0.3, 0.4) is 0 Å². The molecule has 0 bridgehead atoms. The molecular formula is C22H28N4O2. The lowest BCUT2D eigenvalue weighted by Crippen LogP contribution is -2.36. The lowest BCUT2D eigenvalue weighted by Gasteiger charge is -2.25. The molecule has 2 heterocycles. The molecule has 3 aromatic rings. The van der Waals surface area contributed by atoms with Crippen LogP contribution in [0.5, 0.6) is 0 Å². The third kappa shape index (κ3) is 4.22. The number of rotatable bonds is 8. The van der Waals surface area contributed by atoms with E-state index in [9.17, 15) is 4.79 Å². The van der Waals surface area contributed by atoms with Crippen LogP contribution in [0.4, 0.5) is 0 Å². The second-order valence-corrected chi connectivity index (χ2v) is 7.26. The number of aromatic nitrogens is 3. The molecule has 1 aromatic carbocycles. The first-order valence-corrected chi connectivity index (χ1v) is 9.75. The molecule has 3 rings (SSSR count). The summed E-state index contributed by atoms with van der Waals surface area (Å²) in [6, 6.07) is 11.8. The van der Waals surface area contributed by atoms with Crippen LogP contribution in [-0.2, 0) is 11.3 Å². The van der Waals surface area contributed by atoms with Crippen molar-refractivity contribution in [3.8, 4) is 11.3 Å². The summed E-state index contributed by atoms with van der Waals surface area (Å²) in [5, 5.41) is 5.22. The highest BCUT2D eigenvalue weighted by molar-refractivity contribution is 6.06. The molecule has 0 aliphatic carbocycles. The zero-order valence-corrected chi connectivity index (χ0v) is 17.1. The number of hydrogen-bond donors (Lipinski definition) is 0. The molecule has 148 valence electrons. The van der Waals surface area contributed by atoms with Gasteiger partial charge in [-0.1, -0.05) is 44.2 Å². The van der Waals surface area contributed by atoms with Crippen molar-refractivity contribution in [2.75, 3.05) is 26.8 Å². The second-order valence-electron chi connectivity index (χ2n) is 7.26. The predicted molar refractivity (Wildman–Crippen MR) is 111 cm³/mol. The van der Waals surface area contributed by atoms with E-state index in [1.54, 1.807) is 13.3 Å². The topological polar surface area (TPSA) is 60.2 Å². The highest BCUT2D eigenvalue weighted by Crippen LogP contribution is 2.26. The molecule has 28 heavy (non-hydrogen) atoms. The summed E-state index contributed by atoms with van der Waals surface area (Å²) in [4.78, 5) is 20.2. The lowest BCUT2D eigenvalue weighted by molar-refractivity contribution is 0.0674. The zero-order chi connectivity index (χ0) is 20.1. The normalized spacial score (nSPS) is 11.3. The Labute approximate surface area is 166 Å². The van der Waals surface area contributed by atoms with Crippen LogP contribution in [0.1, 0.15) is 31.1 Å². The van der Waals surface area contributed by atoms with E-state index in [-0.39, 0.29) is 5.91 Å². The maximum absolute atomic E-state index is 13.5. The molecule has 0 atom stereocenters. The van der Waals surface area contributed by atoms with E-state index >= 15 is 0 Å². The number of carbonyl (C=O) groups excluding carboxylic acids is 1. The first kappa shape index (κ1) is 20.0. The molecule has 6 nitrogen and oxygen atoms in total. The second kappa shape index (κ2) is 8.97. The maximum Gasteiger partial charge on any atom is 0.254 e. The van der Waals surface area contributed by atoms with Gasteiger partial charge in [0.05, 0.1) is 29.4 Å². The van der Waals surface area contributed by atoms with Gasteiger partial charge in [0.25, 0.3) is 5.91 Å². The number of nitrogens with zero attached hydrogens (tertiary/aromatic N) is 4. The summed E-state index contributed by atoms with van der Waals surface area (Å²) in [7, 11) is 1.65. The van der Waals surface area contributed by atoms with Gasteiger partial charge in [-0.15, -0.1) is 0 Å². The van der Waals surface area contributed by atoms with E-state index in [0.29, 0.717) is 37.7 Å². The number of fused-ring (bicyclic) bond motifs is 1. The monoisotopic (exact) mass is 380 g/mol. The van der Waals surface area contributed by atoms with Gasteiger partial charge in [0.15, 0.2) is 5.65 Å². The smallest absolute Gasteiger partial charge is 0.254 e. The fourth-order valence-corrected chi connectivity index (χ4v) is 3.30. The molecule has 0 N–H and O–H groups in total. The Morgan fingerprint density at radius 1 is 1.25 bits per heavy atom. The number of ether oxygens (including phenoxy) is 1. The van der Waals surface area contributed by atoms with Gasteiger partial charge in [-0.2, -0.15) is 5.10 Å². The zero-order valence-electron chi connectivity index (χ0n) is 17.1. The minimum atomic E-state index is -0.00835. The van der Waals surface area contributed by atoms with E-state index in [1.807, 2.05) is 52.9 Å². The highest BCUT2D eigenvalue weighted by atomic mass is 16.5. The number of benzene rings is 1. The van der Waals surface area contributed by atoms with Crippen molar-refractivity contribution in [3.05, 3.63) is 48.2 Å². The van der Waals surface area contributed by atoms with Crippen LogP contribution in [0, 0.1) is 5.92 Å². The molecule has 0 fully saturated rings. The molecule has 0 aliphatic heterocycles. The Hall–Kier alpha value is -2.73. The van der Waals surface area contributed by atoms with Crippen molar-refractivity contribution in [1.82, 2.24) is 19.7 Å². The molecule has 0 unspecified atom stereocenters. The van der Waals surface area contributed by atoms with Crippen molar-refractivity contribution in [1.29, 1.82) is 0 Å². The first-order valence-electron chi connectivity index (χ1n) is 9.75. The Kier molecular flexibility index (Phi) is 6.41. The van der Waals surface area contributed by atoms with Crippen molar-refractivity contribution >= 4 is 16.9 Å². The minimum absolute atomic E-state index is 0.00835. The molecule has 1 amide bonds. The van der Waals surface area contributed by atoms with E-state index < -0.39 is 0 Å². The third-order valence-electron chi connectivity index (χ3n) is 4.65. The van der Waals surface area contributed by atoms with E-state index in [4.69, 9.17) is 9.72 Å². The molecule has 0 radical (unpaired) electrons. The van der Waals surface area contributed by atoms with Crippen LogP contribution in [0.25, 0.3) is 22.3 Å². The molecule has 0 saturated carbocycles. The Morgan fingerprint density at radius 2 is 2.00 bits per heavy atom. The highest BCUT2D eigenvalue weighted by Gasteiger charge is 2.22. The Bertz CT molecular complexity index is 934. The SMILES string of the molecule is CCn1ncc2c(C(=O)N(CCOC)CC(C)C)cc(-c3ccccc3)nc21. The average Bonchev–Trinajstić information content (AvgIpc) is 3.13. The molecule has 6 heteroatoms. The Morgan fingerprint density at radius 3 is 2.64 bits per heavy atom. The van der Waals surface area contributed by atoms with Gasteiger partial charge in [0, 0.05) is 32.3 Å². The average molecular weight is 380 g/mol. The van der Waals surface area contributed by atoms with E-state index in [0.717, 1.165) is 22.3 Å². The van der Waals surface area contributed by atoms with Gasteiger partial charge in [-0.25, -0.2) is 9.67 Å². The van der Waals surface area contributed by atoms with Crippen molar-refractivity contribution in [2.45, 2.75) is 27.3 Å². The summed E-state index contributed by atoms with van der Waals surface area (Å²) in [5.41, 5.74) is 3.14. The van der Waals surface area contributed by atoms with Gasteiger partial charge < -0.3 is 9.64 Å². The van der Waals surface area contributed by atoms with Gasteiger partial charge in [0.2, 0.25) is 0 Å². The maximum atomic E-state index is 13.5. The largest absolute Gasteiger partial charge is 0.383 e. The van der Waals surface area contributed by atoms with Crippen LogP contribution >= 0.6 is 0 Å². The molecule has 0 spiro atoms. The van der Waals surface area contributed by atoms with Gasteiger partial charge in [-0.05, 0) is 18.9 Å². The van der Waals surface area contributed by atoms with Gasteiger partial charge >= 0.3 is 0 Å². The third-order valence-corrected chi connectivity index (χ3v) is 4.65. The fraction of sp³-hybridized carbons (Fsp3) is 0.409. The predicted octanol–water partition coefficient (Wildman–Crippen LogP) is 3.86.